The van der Waals surface area contributed by atoms with E-state index in [1.165, 1.54) is 101 Å². The van der Waals surface area contributed by atoms with Crippen molar-refractivity contribution in [3.05, 3.63) is 192 Å². The standard InChI is InChI=1S/C72H66BN3OS2/c1-69(2,3)41-17-24-45(25-18-41)74-58-39-64-56(55-36-48(30-34-62(55)78-64)75(46-26-19-42(20-27-46)70(4,5)6)47-28-21-43(22-29-47)71(7,8)9)37-52(58)50-31-32-51-53-38-54-49-15-13-14-16-60(49)77-61(54)40-59(53)76-66(51)65(50)73-68-67(76)57-35-44(72(10,11)12)23-33-63(57)79-68/h13-40,73-74H,1-12H3. The van der Waals surface area contributed by atoms with Crippen LogP contribution in [-0.2, 0) is 21.7 Å². The molecular formula is C72H66BN3OS2. The fourth-order valence-electron chi connectivity index (χ4n) is 12.3. The van der Waals surface area contributed by atoms with E-state index in [2.05, 4.69) is 268 Å². The summed E-state index contributed by atoms with van der Waals surface area (Å²) in [6, 6.07) is 64.7. The molecule has 79 heavy (non-hydrogen) atoms. The topological polar surface area (TPSA) is 33.3 Å². The number of nitrogens with one attached hydrogen (secondary N) is 1. The van der Waals surface area contributed by atoms with Crippen LogP contribution in [0.1, 0.15) is 105 Å². The summed E-state index contributed by atoms with van der Waals surface area (Å²) in [5.74, 6) is 0. The van der Waals surface area contributed by atoms with Crippen LogP contribution in [0.5, 0.6) is 0 Å². The third-order valence-electron chi connectivity index (χ3n) is 16.8. The SMILES string of the molecule is CC(C)(C)c1ccc(Nc2cc3sc4ccc(N(c5ccc(C(C)(C)C)cc5)c5ccc(C(C)(C)C)cc5)cc4c3cc2-c2ccc3c4cc5c(cc4n4c3c2Bc2sc3ccc(C(C)(C)C)cc3c2-4)oc2ccccc25)cc1. The van der Waals surface area contributed by atoms with Crippen molar-refractivity contribution in [2.45, 2.75) is 105 Å². The molecule has 1 aliphatic heterocycles. The van der Waals surface area contributed by atoms with Gasteiger partial charge in [0.25, 0.3) is 0 Å². The molecule has 1 N–H and O–H groups in total. The van der Waals surface area contributed by atoms with Crippen LogP contribution in [0.15, 0.2) is 174 Å². The quantitative estimate of drug-likeness (QED) is 0.169. The third-order valence-corrected chi connectivity index (χ3v) is 19.1. The fourth-order valence-corrected chi connectivity index (χ4v) is 14.6. The normalized spacial score (nSPS) is 13.2. The largest absolute Gasteiger partial charge is 0.456 e. The number of anilines is 5. The smallest absolute Gasteiger partial charge is 0.211 e. The zero-order valence-electron chi connectivity index (χ0n) is 47.5. The van der Waals surface area contributed by atoms with Crippen LogP contribution in [0, 0.1) is 0 Å². The summed E-state index contributed by atoms with van der Waals surface area (Å²) in [5, 5.41) is 12.7. The molecule has 0 unspecified atom stereocenters. The Bertz CT molecular complexity index is 4560. The van der Waals surface area contributed by atoms with Gasteiger partial charge in [0.2, 0.25) is 7.28 Å². The number of nitrogens with zero attached hydrogens (tertiary/aromatic N) is 2. The molecule has 0 radical (unpaired) electrons. The Morgan fingerprint density at radius 1 is 0.430 bits per heavy atom. The molecule has 4 nitrogen and oxygen atoms in total. The van der Waals surface area contributed by atoms with E-state index >= 15 is 0 Å². The van der Waals surface area contributed by atoms with E-state index in [-0.39, 0.29) is 21.7 Å². The Hall–Kier alpha value is -7.58. The molecule has 390 valence electrons. The average molecular weight is 1060 g/mol. The summed E-state index contributed by atoms with van der Waals surface area (Å²) in [5.41, 5.74) is 20.4. The lowest BCUT2D eigenvalue weighted by Crippen LogP contribution is -2.35. The molecule has 0 amide bonds. The fraction of sp³-hybridized carbons (Fsp3) is 0.222. The first kappa shape index (κ1) is 49.7. The number of benzene rings is 9. The van der Waals surface area contributed by atoms with Gasteiger partial charge in [-0.1, -0.05) is 156 Å². The van der Waals surface area contributed by atoms with Crippen molar-refractivity contribution < 1.29 is 4.42 Å². The minimum absolute atomic E-state index is 0.00661. The zero-order valence-corrected chi connectivity index (χ0v) is 49.1. The Labute approximate surface area is 472 Å². The van der Waals surface area contributed by atoms with Gasteiger partial charge in [-0.15, -0.1) is 22.7 Å². The molecule has 5 heterocycles. The lowest BCUT2D eigenvalue weighted by Gasteiger charge is -2.28. The zero-order chi connectivity index (χ0) is 54.7. The van der Waals surface area contributed by atoms with E-state index in [1.54, 1.807) is 0 Å². The van der Waals surface area contributed by atoms with Gasteiger partial charge in [-0.25, -0.2) is 0 Å². The number of hydrogen-bond donors (Lipinski definition) is 1. The van der Waals surface area contributed by atoms with E-state index in [9.17, 15) is 0 Å². The summed E-state index contributed by atoms with van der Waals surface area (Å²) in [6.07, 6.45) is 0. The first-order valence-corrected chi connectivity index (χ1v) is 29.6. The van der Waals surface area contributed by atoms with Crippen molar-refractivity contribution >= 4 is 143 Å². The molecule has 0 atom stereocenters. The number of aromatic nitrogens is 1. The number of furan rings is 1. The summed E-state index contributed by atoms with van der Waals surface area (Å²) in [4.78, 5) is 2.43. The van der Waals surface area contributed by atoms with Crippen LogP contribution in [0.4, 0.5) is 28.4 Å². The van der Waals surface area contributed by atoms with Crippen molar-refractivity contribution in [1.29, 1.82) is 0 Å². The Balaban J connectivity index is 1.01. The highest BCUT2D eigenvalue weighted by atomic mass is 32.1. The molecule has 4 aromatic heterocycles. The molecule has 1 aliphatic rings. The highest BCUT2D eigenvalue weighted by Gasteiger charge is 2.32. The van der Waals surface area contributed by atoms with Gasteiger partial charge in [0.05, 0.1) is 11.2 Å². The molecule has 7 heteroatoms. The predicted octanol–water partition coefficient (Wildman–Crippen LogP) is 20.0. The maximum atomic E-state index is 6.67. The van der Waals surface area contributed by atoms with Gasteiger partial charge in [-0.3, -0.25) is 0 Å². The van der Waals surface area contributed by atoms with Crippen molar-refractivity contribution in [2.24, 2.45) is 0 Å². The Kier molecular flexibility index (Phi) is 11.0. The number of para-hydroxylation sites is 1. The maximum absolute atomic E-state index is 6.67. The van der Waals surface area contributed by atoms with Gasteiger partial charge in [0.1, 0.15) is 11.2 Å². The van der Waals surface area contributed by atoms with Crippen molar-refractivity contribution in [3.63, 3.8) is 0 Å². The van der Waals surface area contributed by atoms with E-state index in [0.29, 0.717) is 0 Å². The molecule has 13 aromatic rings. The number of fused-ring (bicyclic) bond motifs is 13. The van der Waals surface area contributed by atoms with Crippen LogP contribution in [0.25, 0.3) is 90.8 Å². The first-order chi connectivity index (χ1) is 37.6. The molecule has 0 aliphatic carbocycles. The highest BCUT2D eigenvalue weighted by molar-refractivity contribution is 7.29. The van der Waals surface area contributed by atoms with E-state index in [0.717, 1.165) is 57.7 Å². The van der Waals surface area contributed by atoms with Crippen LogP contribution in [0.3, 0.4) is 0 Å². The van der Waals surface area contributed by atoms with Gasteiger partial charge < -0.3 is 19.2 Å². The van der Waals surface area contributed by atoms with Crippen molar-refractivity contribution in [2.75, 3.05) is 10.2 Å². The second-order valence-corrected chi connectivity index (χ2v) is 28.6. The average Bonchev–Trinajstić information content (AvgIpc) is 4.38. The van der Waals surface area contributed by atoms with Gasteiger partial charge in [-0.2, -0.15) is 0 Å². The minimum atomic E-state index is 0.00661. The molecule has 0 fully saturated rings. The molecule has 0 saturated carbocycles. The Morgan fingerprint density at radius 3 is 1.67 bits per heavy atom. The number of rotatable bonds is 6. The van der Waals surface area contributed by atoms with Crippen molar-refractivity contribution in [3.8, 4) is 16.8 Å². The summed E-state index contributed by atoms with van der Waals surface area (Å²) >= 11 is 3.82. The second kappa shape index (κ2) is 17.5. The minimum Gasteiger partial charge on any atom is -0.456 e. The Morgan fingerprint density at radius 2 is 1.01 bits per heavy atom. The third kappa shape index (κ3) is 8.21. The predicted molar refractivity (Wildman–Crippen MR) is 347 cm³/mol. The van der Waals surface area contributed by atoms with Gasteiger partial charge >= 0.3 is 0 Å². The molecule has 0 saturated heterocycles. The van der Waals surface area contributed by atoms with Crippen LogP contribution in [0.2, 0.25) is 0 Å². The molecule has 9 aromatic carbocycles. The summed E-state index contributed by atoms with van der Waals surface area (Å²) < 4.78 is 14.5. The van der Waals surface area contributed by atoms with Gasteiger partial charge in [0.15, 0.2) is 0 Å². The summed E-state index contributed by atoms with van der Waals surface area (Å²) in [6.45, 7) is 27.5. The van der Waals surface area contributed by atoms with E-state index in [1.807, 2.05) is 22.7 Å². The number of hydrogen-bond acceptors (Lipinski definition) is 5. The lowest BCUT2D eigenvalue weighted by atomic mass is 9.63. The monoisotopic (exact) mass is 1060 g/mol. The molecule has 0 spiro atoms. The maximum Gasteiger partial charge on any atom is 0.211 e. The second-order valence-electron chi connectivity index (χ2n) is 26.4. The van der Waals surface area contributed by atoms with E-state index in [4.69, 9.17) is 4.42 Å². The van der Waals surface area contributed by atoms with Crippen molar-refractivity contribution in [1.82, 2.24) is 4.57 Å². The van der Waals surface area contributed by atoms with Crippen LogP contribution >= 0.6 is 22.7 Å². The van der Waals surface area contributed by atoms with Gasteiger partial charge in [-0.05, 0) is 151 Å². The highest BCUT2D eigenvalue weighted by Crippen LogP contribution is 2.48. The molecular weight excluding hydrogens is 998 g/mol. The summed E-state index contributed by atoms with van der Waals surface area (Å²) in [7, 11) is 0.824. The molecule has 0 bridgehead atoms. The van der Waals surface area contributed by atoms with Gasteiger partial charge in [0, 0.05) is 97.4 Å². The van der Waals surface area contributed by atoms with Crippen LogP contribution < -0.4 is 20.5 Å². The first-order valence-electron chi connectivity index (χ1n) is 28.0. The molecule has 14 rings (SSSR count). The van der Waals surface area contributed by atoms with Crippen LogP contribution in [-0.4, -0.2) is 11.8 Å². The van der Waals surface area contributed by atoms with E-state index < -0.39 is 0 Å². The number of thiophene rings is 2. The lowest BCUT2D eigenvalue weighted by molar-refractivity contribution is 0.590.